The molecule has 0 radical (unpaired) electrons. The van der Waals surface area contributed by atoms with E-state index in [2.05, 4.69) is 55.1 Å². The molecule has 0 aliphatic heterocycles. The Morgan fingerprint density at radius 3 is 2.19 bits per heavy atom. The van der Waals surface area contributed by atoms with Crippen molar-refractivity contribution in [1.82, 2.24) is 14.6 Å². The summed E-state index contributed by atoms with van der Waals surface area (Å²) in [5, 5.41) is 5.37. The van der Waals surface area contributed by atoms with Gasteiger partial charge in [0.2, 0.25) is 0 Å². The van der Waals surface area contributed by atoms with Gasteiger partial charge in [-0.1, -0.05) is 68.8 Å². The monoisotopic (exact) mass is 376 g/mol. The SMILES string of the molecule is CC(C)(C)c1ccc(-c2cc3ncc(-c4ccc(Cl)cc4)c(N)n3n2)cc1. The molecular formula is C22H21ClN4. The first-order valence-corrected chi connectivity index (χ1v) is 9.22. The third-order valence-corrected chi connectivity index (χ3v) is 4.97. The Hall–Kier alpha value is -2.85. The third kappa shape index (κ3) is 3.28. The van der Waals surface area contributed by atoms with Crippen molar-refractivity contribution in [3.05, 3.63) is 71.4 Å². The van der Waals surface area contributed by atoms with Crippen LogP contribution in [0.25, 0.3) is 28.0 Å². The lowest BCUT2D eigenvalue weighted by Gasteiger charge is -2.18. The summed E-state index contributed by atoms with van der Waals surface area (Å²) in [5.74, 6) is 0.555. The lowest BCUT2D eigenvalue weighted by Crippen LogP contribution is -2.10. The van der Waals surface area contributed by atoms with Crippen LogP contribution in [0, 0.1) is 0 Å². The van der Waals surface area contributed by atoms with Gasteiger partial charge in [0, 0.05) is 28.4 Å². The number of benzene rings is 2. The van der Waals surface area contributed by atoms with Gasteiger partial charge >= 0.3 is 0 Å². The molecule has 2 heterocycles. The van der Waals surface area contributed by atoms with Crippen molar-refractivity contribution in [1.29, 1.82) is 0 Å². The molecule has 4 nitrogen and oxygen atoms in total. The van der Waals surface area contributed by atoms with Crippen LogP contribution in [-0.4, -0.2) is 14.6 Å². The van der Waals surface area contributed by atoms with Crippen molar-refractivity contribution in [2.24, 2.45) is 0 Å². The van der Waals surface area contributed by atoms with Crippen molar-refractivity contribution in [2.75, 3.05) is 5.73 Å². The van der Waals surface area contributed by atoms with E-state index in [1.807, 2.05) is 30.3 Å². The highest BCUT2D eigenvalue weighted by Crippen LogP contribution is 2.29. The lowest BCUT2D eigenvalue weighted by molar-refractivity contribution is 0.590. The predicted octanol–water partition coefficient (Wildman–Crippen LogP) is 5.60. The van der Waals surface area contributed by atoms with Crippen LogP contribution in [0.1, 0.15) is 26.3 Å². The molecular weight excluding hydrogens is 356 g/mol. The number of nitrogen functional groups attached to an aromatic ring is 1. The van der Waals surface area contributed by atoms with Gasteiger partial charge in [0.15, 0.2) is 5.65 Å². The second-order valence-electron chi connectivity index (χ2n) is 7.69. The molecule has 0 aliphatic carbocycles. The molecule has 0 aliphatic rings. The average Bonchev–Trinajstić information content (AvgIpc) is 3.08. The van der Waals surface area contributed by atoms with Gasteiger partial charge in [-0.25, -0.2) is 4.98 Å². The number of halogens is 1. The molecule has 2 N–H and O–H groups in total. The summed E-state index contributed by atoms with van der Waals surface area (Å²) in [7, 11) is 0. The highest BCUT2D eigenvalue weighted by molar-refractivity contribution is 6.30. The number of aromatic nitrogens is 3. The maximum absolute atomic E-state index is 6.39. The molecule has 136 valence electrons. The van der Waals surface area contributed by atoms with E-state index in [0.29, 0.717) is 10.8 Å². The van der Waals surface area contributed by atoms with E-state index >= 15 is 0 Å². The quantitative estimate of drug-likeness (QED) is 0.495. The van der Waals surface area contributed by atoms with Crippen LogP contribution in [0.15, 0.2) is 60.8 Å². The summed E-state index contributed by atoms with van der Waals surface area (Å²) in [6.07, 6.45) is 1.78. The minimum atomic E-state index is 0.122. The molecule has 0 amide bonds. The maximum Gasteiger partial charge on any atom is 0.157 e. The van der Waals surface area contributed by atoms with Crippen molar-refractivity contribution in [3.63, 3.8) is 0 Å². The van der Waals surface area contributed by atoms with Crippen LogP contribution in [0.4, 0.5) is 5.82 Å². The maximum atomic E-state index is 6.39. The number of rotatable bonds is 2. The standard InChI is InChI=1S/C22H21ClN4/c1-22(2,3)16-8-4-15(5-9-16)19-12-20-25-13-18(21(24)27(20)26-19)14-6-10-17(23)11-7-14/h4-13H,24H2,1-3H3. The van der Waals surface area contributed by atoms with E-state index in [4.69, 9.17) is 17.3 Å². The fourth-order valence-electron chi connectivity index (χ4n) is 3.09. The van der Waals surface area contributed by atoms with Crippen LogP contribution < -0.4 is 5.73 Å². The molecule has 0 unspecified atom stereocenters. The number of nitrogens with zero attached hydrogens (tertiary/aromatic N) is 3. The highest BCUT2D eigenvalue weighted by atomic mass is 35.5. The van der Waals surface area contributed by atoms with Gasteiger partial charge in [-0.15, -0.1) is 0 Å². The number of hydrogen-bond donors (Lipinski definition) is 1. The van der Waals surface area contributed by atoms with Gasteiger partial charge < -0.3 is 5.73 Å². The Morgan fingerprint density at radius 1 is 0.926 bits per heavy atom. The summed E-state index contributed by atoms with van der Waals surface area (Å²) in [6, 6.07) is 18.0. The summed E-state index contributed by atoms with van der Waals surface area (Å²) in [5.41, 5.74) is 12.2. The summed E-state index contributed by atoms with van der Waals surface area (Å²) in [4.78, 5) is 4.53. The van der Waals surface area contributed by atoms with E-state index in [0.717, 1.165) is 28.0 Å². The van der Waals surface area contributed by atoms with Gasteiger partial charge in [0.25, 0.3) is 0 Å². The number of fused-ring (bicyclic) bond motifs is 1. The summed E-state index contributed by atoms with van der Waals surface area (Å²) in [6.45, 7) is 6.61. The van der Waals surface area contributed by atoms with E-state index < -0.39 is 0 Å². The molecule has 0 saturated carbocycles. The Labute approximate surface area is 163 Å². The zero-order chi connectivity index (χ0) is 19.2. The minimum Gasteiger partial charge on any atom is -0.383 e. The van der Waals surface area contributed by atoms with Crippen molar-refractivity contribution >= 4 is 23.1 Å². The van der Waals surface area contributed by atoms with Crippen LogP contribution in [0.2, 0.25) is 5.02 Å². The minimum absolute atomic E-state index is 0.122. The number of anilines is 1. The third-order valence-electron chi connectivity index (χ3n) is 4.72. The summed E-state index contributed by atoms with van der Waals surface area (Å²) < 4.78 is 1.69. The Balaban J connectivity index is 1.76. The first kappa shape index (κ1) is 17.6. The Morgan fingerprint density at radius 2 is 1.56 bits per heavy atom. The van der Waals surface area contributed by atoms with E-state index in [-0.39, 0.29) is 5.41 Å². The predicted molar refractivity (Wildman–Crippen MR) is 112 cm³/mol. The first-order chi connectivity index (χ1) is 12.8. The Bertz CT molecular complexity index is 1100. The number of nitrogens with two attached hydrogens (primary N) is 1. The molecule has 2 aromatic carbocycles. The lowest BCUT2D eigenvalue weighted by atomic mass is 9.86. The smallest absolute Gasteiger partial charge is 0.157 e. The molecule has 0 fully saturated rings. The summed E-state index contributed by atoms with van der Waals surface area (Å²) >= 11 is 5.98. The molecule has 2 aromatic heterocycles. The van der Waals surface area contributed by atoms with Crippen molar-refractivity contribution < 1.29 is 0 Å². The normalized spacial score (nSPS) is 11.9. The molecule has 0 spiro atoms. The van der Waals surface area contributed by atoms with E-state index in [1.165, 1.54) is 5.56 Å². The molecule has 0 atom stereocenters. The Kier molecular flexibility index (Phi) is 4.16. The van der Waals surface area contributed by atoms with Crippen LogP contribution in [0.5, 0.6) is 0 Å². The van der Waals surface area contributed by atoms with Crippen LogP contribution >= 0.6 is 11.6 Å². The van der Waals surface area contributed by atoms with Crippen LogP contribution in [0.3, 0.4) is 0 Å². The van der Waals surface area contributed by atoms with E-state index in [9.17, 15) is 0 Å². The van der Waals surface area contributed by atoms with Gasteiger partial charge in [-0.2, -0.15) is 9.61 Å². The molecule has 0 saturated heterocycles. The van der Waals surface area contributed by atoms with Gasteiger partial charge in [0.05, 0.1) is 5.69 Å². The van der Waals surface area contributed by atoms with Gasteiger partial charge in [-0.3, -0.25) is 0 Å². The fourth-order valence-corrected chi connectivity index (χ4v) is 3.21. The van der Waals surface area contributed by atoms with Crippen molar-refractivity contribution in [2.45, 2.75) is 26.2 Å². The van der Waals surface area contributed by atoms with Crippen molar-refractivity contribution in [3.8, 4) is 22.4 Å². The zero-order valence-corrected chi connectivity index (χ0v) is 16.3. The van der Waals surface area contributed by atoms with E-state index in [1.54, 1.807) is 10.7 Å². The zero-order valence-electron chi connectivity index (χ0n) is 15.6. The van der Waals surface area contributed by atoms with Gasteiger partial charge in [-0.05, 0) is 28.7 Å². The second-order valence-corrected chi connectivity index (χ2v) is 8.13. The highest BCUT2D eigenvalue weighted by Gasteiger charge is 2.15. The molecule has 0 bridgehead atoms. The topological polar surface area (TPSA) is 56.2 Å². The first-order valence-electron chi connectivity index (χ1n) is 8.84. The molecule has 5 heteroatoms. The largest absolute Gasteiger partial charge is 0.383 e. The molecule has 27 heavy (non-hydrogen) atoms. The molecule has 4 rings (SSSR count). The van der Waals surface area contributed by atoms with Gasteiger partial charge in [0.1, 0.15) is 5.82 Å². The van der Waals surface area contributed by atoms with Crippen LogP contribution in [-0.2, 0) is 5.41 Å². The molecule has 4 aromatic rings. The second kappa shape index (κ2) is 6.39. The number of hydrogen-bond acceptors (Lipinski definition) is 3. The fraction of sp³-hybridized carbons (Fsp3) is 0.182. The average molecular weight is 377 g/mol.